The number of aliphatic hydroxyl groups is 1. The van der Waals surface area contributed by atoms with Gasteiger partial charge in [0.05, 0.1) is 6.10 Å². The Morgan fingerprint density at radius 2 is 1.52 bits per heavy atom. The van der Waals surface area contributed by atoms with Crippen molar-refractivity contribution in [3.8, 4) is 0 Å². The maximum absolute atomic E-state index is 12.8. The monoisotopic (exact) mass is 430 g/mol. The summed E-state index contributed by atoms with van der Waals surface area (Å²) in [6.07, 6.45) is 7.79. The Morgan fingerprint density at radius 1 is 0.839 bits per heavy atom. The SMILES string of the molecule is CC1(C)C(=O)CC[C@]2(C)[C@H]3C[C@@H](O)[C@@H]4[C@@H]([C@]5(C)CCC(=O)O5)CC[C@@]4(C)[C@]3(C)CC[C@@H]12. The van der Waals surface area contributed by atoms with Crippen LogP contribution in [0, 0.1) is 45.3 Å². The topological polar surface area (TPSA) is 63.6 Å². The van der Waals surface area contributed by atoms with E-state index >= 15 is 0 Å². The standard InChI is InChI=1S/C27H42O4/c1-23(2)18-8-13-25(4)19(24(18,3)11-9-20(23)29)15-17(28)22-16(7-12-26(22,25)5)27(6)14-10-21(30)31-27/h16-19,22,28H,7-15H2,1-6H3/t16-,17+,18-,19+,22-,24-,25+,26+,27-/m0/s1. The van der Waals surface area contributed by atoms with E-state index in [1.54, 1.807) is 0 Å². The molecule has 0 aromatic carbocycles. The van der Waals surface area contributed by atoms with Crippen LogP contribution in [0.3, 0.4) is 0 Å². The molecule has 4 heteroatoms. The van der Waals surface area contributed by atoms with Gasteiger partial charge in [0.15, 0.2) is 0 Å². The molecule has 5 aliphatic rings. The van der Waals surface area contributed by atoms with Crippen molar-refractivity contribution in [1.82, 2.24) is 0 Å². The highest BCUT2D eigenvalue weighted by Crippen LogP contribution is 2.75. The van der Waals surface area contributed by atoms with Gasteiger partial charge in [0.25, 0.3) is 0 Å². The second kappa shape index (κ2) is 6.36. The molecule has 31 heavy (non-hydrogen) atoms. The lowest BCUT2D eigenvalue weighted by Gasteiger charge is -2.69. The molecule has 0 aromatic heterocycles. The van der Waals surface area contributed by atoms with Crippen molar-refractivity contribution in [1.29, 1.82) is 0 Å². The van der Waals surface area contributed by atoms with Gasteiger partial charge in [0.2, 0.25) is 0 Å². The molecule has 0 bridgehead atoms. The van der Waals surface area contributed by atoms with Gasteiger partial charge in [-0.05, 0) is 85.9 Å². The molecule has 1 N–H and O–H groups in total. The molecule has 1 aliphatic heterocycles. The Labute approximate surface area is 187 Å². The van der Waals surface area contributed by atoms with Crippen LogP contribution in [0.4, 0.5) is 0 Å². The molecule has 0 spiro atoms. The maximum atomic E-state index is 12.8. The first-order chi connectivity index (χ1) is 14.3. The minimum Gasteiger partial charge on any atom is -0.459 e. The molecule has 0 unspecified atom stereocenters. The summed E-state index contributed by atoms with van der Waals surface area (Å²) in [7, 11) is 0. The number of hydrogen-bond donors (Lipinski definition) is 1. The normalized spacial score (nSPS) is 55.9. The minimum absolute atomic E-state index is 0.0393. The van der Waals surface area contributed by atoms with Gasteiger partial charge in [-0.1, -0.05) is 34.6 Å². The first-order valence-corrected chi connectivity index (χ1v) is 12.7. The smallest absolute Gasteiger partial charge is 0.306 e. The number of rotatable bonds is 1. The lowest BCUT2D eigenvalue weighted by molar-refractivity contribution is -0.232. The number of aliphatic hydroxyl groups excluding tert-OH is 1. The molecule has 4 nitrogen and oxygen atoms in total. The number of esters is 1. The summed E-state index contributed by atoms with van der Waals surface area (Å²) < 4.78 is 5.90. The summed E-state index contributed by atoms with van der Waals surface area (Å²) in [5.74, 6) is 1.61. The third-order valence-corrected chi connectivity index (χ3v) is 12.1. The van der Waals surface area contributed by atoms with E-state index in [-0.39, 0.29) is 45.6 Å². The number of ether oxygens (including phenoxy) is 1. The van der Waals surface area contributed by atoms with Gasteiger partial charge in [-0.3, -0.25) is 9.59 Å². The van der Waals surface area contributed by atoms with E-state index in [9.17, 15) is 14.7 Å². The molecule has 1 heterocycles. The number of cyclic esters (lactones) is 1. The molecule has 4 saturated carbocycles. The first kappa shape index (κ1) is 21.9. The van der Waals surface area contributed by atoms with Crippen molar-refractivity contribution in [3.05, 3.63) is 0 Å². The number of Topliss-reactive ketones (excluding diaryl/α,β-unsaturated/α-hetero) is 1. The van der Waals surface area contributed by atoms with Crippen molar-refractivity contribution in [2.45, 2.75) is 111 Å². The highest BCUT2D eigenvalue weighted by atomic mass is 16.6. The highest BCUT2D eigenvalue weighted by molar-refractivity contribution is 5.85. The molecule has 5 fully saturated rings. The van der Waals surface area contributed by atoms with Crippen LogP contribution in [0.5, 0.6) is 0 Å². The van der Waals surface area contributed by atoms with E-state index in [1.807, 2.05) is 0 Å². The fourth-order valence-corrected chi connectivity index (χ4v) is 10.2. The minimum atomic E-state index is -0.427. The van der Waals surface area contributed by atoms with E-state index in [2.05, 4.69) is 41.5 Å². The Hall–Kier alpha value is -0.900. The van der Waals surface area contributed by atoms with Gasteiger partial charge >= 0.3 is 5.97 Å². The Kier molecular flexibility index (Phi) is 4.50. The highest BCUT2D eigenvalue weighted by Gasteiger charge is 2.71. The predicted octanol–water partition coefficient (Wildman–Crippen LogP) is 5.31. The van der Waals surface area contributed by atoms with Crippen LogP contribution in [0.15, 0.2) is 0 Å². The summed E-state index contributed by atoms with van der Waals surface area (Å²) >= 11 is 0. The molecule has 1 saturated heterocycles. The number of carbonyl (C=O) groups is 2. The van der Waals surface area contributed by atoms with E-state index in [0.717, 1.165) is 44.9 Å². The van der Waals surface area contributed by atoms with Gasteiger partial charge in [-0.2, -0.15) is 0 Å². The Balaban J connectivity index is 1.54. The van der Waals surface area contributed by atoms with Crippen molar-refractivity contribution >= 4 is 11.8 Å². The second-order valence-corrected chi connectivity index (χ2v) is 13.4. The van der Waals surface area contributed by atoms with Crippen LogP contribution >= 0.6 is 0 Å². The molecular weight excluding hydrogens is 388 g/mol. The van der Waals surface area contributed by atoms with Gasteiger partial charge in [-0.15, -0.1) is 0 Å². The maximum Gasteiger partial charge on any atom is 0.306 e. The van der Waals surface area contributed by atoms with Gasteiger partial charge in [0.1, 0.15) is 11.4 Å². The lowest BCUT2D eigenvalue weighted by Crippen LogP contribution is -2.66. The average Bonchev–Trinajstić information content (AvgIpc) is 3.23. The van der Waals surface area contributed by atoms with Gasteiger partial charge in [-0.25, -0.2) is 0 Å². The zero-order valence-corrected chi connectivity index (χ0v) is 20.4. The summed E-state index contributed by atoms with van der Waals surface area (Å²) in [6, 6.07) is 0. The fourth-order valence-electron chi connectivity index (χ4n) is 10.2. The van der Waals surface area contributed by atoms with Crippen LogP contribution in [0.1, 0.15) is 99.3 Å². The quantitative estimate of drug-likeness (QED) is 0.573. The summed E-state index contributed by atoms with van der Waals surface area (Å²) in [5.41, 5.74) is -0.407. The molecule has 9 atom stereocenters. The lowest BCUT2D eigenvalue weighted by atomic mass is 9.35. The molecule has 4 aliphatic carbocycles. The van der Waals surface area contributed by atoms with Crippen LogP contribution < -0.4 is 0 Å². The number of hydrogen-bond acceptors (Lipinski definition) is 4. The third-order valence-electron chi connectivity index (χ3n) is 12.1. The largest absolute Gasteiger partial charge is 0.459 e. The molecule has 5 rings (SSSR count). The Bertz CT molecular complexity index is 818. The van der Waals surface area contributed by atoms with E-state index in [0.29, 0.717) is 30.5 Å². The summed E-state index contributed by atoms with van der Waals surface area (Å²) in [5, 5.41) is 11.7. The zero-order valence-electron chi connectivity index (χ0n) is 20.4. The summed E-state index contributed by atoms with van der Waals surface area (Å²) in [4.78, 5) is 24.8. The number of carbonyl (C=O) groups excluding carboxylic acids is 2. The second-order valence-electron chi connectivity index (χ2n) is 13.4. The van der Waals surface area contributed by atoms with Crippen molar-refractivity contribution < 1.29 is 19.4 Å². The third kappa shape index (κ3) is 2.58. The van der Waals surface area contributed by atoms with Crippen LogP contribution in [-0.2, 0) is 14.3 Å². The van der Waals surface area contributed by atoms with Gasteiger partial charge in [0, 0.05) is 24.2 Å². The van der Waals surface area contributed by atoms with E-state index in [1.165, 1.54) is 0 Å². The summed E-state index contributed by atoms with van der Waals surface area (Å²) in [6.45, 7) is 13.8. The van der Waals surface area contributed by atoms with E-state index < -0.39 is 5.60 Å². The van der Waals surface area contributed by atoms with E-state index in [4.69, 9.17) is 4.74 Å². The van der Waals surface area contributed by atoms with Crippen molar-refractivity contribution in [2.24, 2.45) is 45.3 Å². The molecule has 174 valence electrons. The van der Waals surface area contributed by atoms with Crippen LogP contribution in [0.2, 0.25) is 0 Å². The fraction of sp³-hybridized carbons (Fsp3) is 0.926. The molecule has 0 radical (unpaired) electrons. The Morgan fingerprint density at radius 3 is 2.16 bits per heavy atom. The van der Waals surface area contributed by atoms with Crippen molar-refractivity contribution in [2.75, 3.05) is 0 Å². The zero-order chi connectivity index (χ0) is 22.6. The molecule has 0 aromatic rings. The number of fused-ring (bicyclic) bond motifs is 5. The average molecular weight is 431 g/mol. The molecule has 0 amide bonds. The van der Waals surface area contributed by atoms with Crippen molar-refractivity contribution in [3.63, 3.8) is 0 Å². The van der Waals surface area contributed by atoms with Crippen LogP contribution in [-0.4, -0.2) is 28.6 Å². The molecular formula is C27H42O4. The first-order valence-electron chi connectivity index (χ1n) is 12.7. The number of ketones is 1. The predicted molar refractivity (Wildman–Crippen MR) is 119 cm³/mol. The van der Waals surface area contributed by atoms with Gasteiger partial charge < -0.3 is 9.84 Å². The van der Waals surface area contributed by atoms with Crippen LogP contribution in [0.25, 0.3) is 0 Å².